The Hall–Kier alpha value is -1.31. The van der Waals surface area contributed by atoms with E-state index in [-0.39, 0.29) is 6.04 Å². The lowest BCUT2D eigenvalue weighted by atomic mass is 10.0. The molecule has 0 aliphatic heterocycles. The number of halogens is 3. The number of alkyl halides is 3. The molecule has 1 unspecified atom stereocenters. The van der Waals surface area contributed by atoms with Crippen LogP contribution in [-0.2, 0) is 9.59 Å². The summed E-state index contributed by atoms with van der Waals surface area (Å²) in [7, 11) is 0. The Morgan fingerprint density at radius 1 is 1.35 bits per heavy atom. The van der Waals surface area contributed by atoms with Crippen LogP contribution in [0.2, 0.25) is 0 Å². The minimum atomic E-state index is -4.86. The first-order valence-electron chi connectivity index (χ1n) is 5.08. The third kappa shape index (κ3) is 3.58. The number of rotatable bonds is 4. The van der Waals surface area contributed by atoms with Crippen LogP contribution in [0.3, 0.4) is 0 Å². The second-order valence-corrected chi connectivity index (χ2v) is 4.22. The smallest absolute Gasteiger partial charge is 0.352 e. The van der Waals surface area contributed by atoms with E-state index < -0.39 is 30.1 Å². The van der Waals surface area contributed by atoms with E-state index in [1.807, 2.05) is 5.32 Å². The summed E-state index contributed by atoms with van der Waals surface area (Å²) >= 11 is 0. The first kappa shape index (κ1) is 13.8. The maximum absolute atomic E-state index is 12.3. The fourth-order valence-corrected chi connectivity index (χ4v) is 0.979. The maximum Gasteiger partial charge on any atom is 0.415 e. The van der Waals surface area contributed by atoms with Crippen LogP contribution in [0.15, 0.2) is 0 Å². The molecule has 0 aromatic carbocycles. The number of carbonyl (C=O) groups is 2. The molecule has 0 radical (unpaired) electrons. The topological polar surface area (TPSA) is 84.2 Å². The normalized spacial score (nSPS) is 19.4. The lowest BCUT2D eigenvalue weighted by molar-refractivity contribution is -0.187. The fraction of sp³-hybridized carbons (Fsp3) is 0.778. The van der Waals surface area contributed by atoms with E-state index in [2.05, 4.69) is 5.32 Å². The van der Waals surface area contributed by atoms with E-state index in [1.54, 1.807) is 0 Å². The monoisotopic (exact) mass is 253 g/mol. The highest BCUT2D eigenvalue weighted by atomic mass is 19.4. The fourth-order valence-electron chi connectivity index (χ4n) is 0.979. The average molecular weight is 253 g/mol. The summed E-state index contributed by atoms with van der Waals surface area (Å²) in [6.45, 7) is 0.0549. The van der Waals surface area contributed by atoms with Crippen molar-refractivity contribution in [2.75, 3.05) is 6.54 Å². The second-order valence-electron chi connectivity index (χ2n) is 4.22. The van der Waals surface area contributed by atoms with E-state index >= 15 is 0 Å². The molecular weight excluding hydrogens is 239 g/mol. The Kier molecular flexibility index (Phi) is 3.65. The summed E-state index contributed by atoms with van der Waals surface area (Å²) in [5.41, 5.74) is 1.88. The van der Waals surface area contributed by atoms with Gasteiger partial charge < -0.3 is 16.4 Å². The van der Waals surface area contributed by atoms with E-state index in [1.165, 1.54) is 0 Å². The minimum Gasteiger partial charge on any atom is -0.352 e. The number of carbonyl (C=O) groups excluding carboxylic acids is 2. The number of nitrogens with one attached hydrogen (secondary N) is 2. The molecule has 0 bridgehead atoms. The average Bonchev–Trinajstić information content (AvgIpc) is 2.96. The van der Waals surface area contributed by atoms with Crippen LogP contribution in [0.1, 0.15) is 19.8 Å². The van der Waals surface area contributed by atoms with Crippen LogP contribution in [0.5, 0.6) is 0 Å². The van der Waals surface area contributed by atoms with Gasteiger partial charge in [0.05, 0.1) is 6.54 Å². The SMILES string of the molecule is CC(N)(C(=O)NCC(=O)NC1CC1)C(F)(F)F. The molecule has 1 fully saturated rings. The molecule has 1 aliphatic carbocycles. The maximum atomic E-state index is 12.3. The van der Waals surface area contributed by atoms with Crippen molar-refractivity contribution in [1.29, 1.82) is 0 Å². The summed E-state index contributed by atoms with van der Waals surface area (Å²) in [4.78, 5) is 22.3. The largest absolute Gasteiger partial charge is 0.415 e. The molecule has 1 atom stereocenters. The van der Waals surface area contributed by atoms with Gasteiger partial charge in [-0.2, -0.15) is 13.2 Å². The quantitative estimate of drug-likeness (QED) is 0.641. The molecule has 5 nitrogen and oxygen atoms in total. The highest BCUT2D eigenvalue weighted by Gasteiger charge is 2.53. The first-order chi connectivity index (χ1) is 7.64. The number of nitrogens with two attached hydrogens (primary N) is 1. The Labute approximate surface area is 95.9 Å². The van der Waals surface area contributed by atoms with Crippen molar-refractivity contribution in [1.82, 2.24) is 10.6 Å². The second kappa shape index (κ2) is 4.52. The van der Waals surface area contributed by atoms with Gasteiger partial charge in [0, 0.05) is 6.04 Å². The zero-order chi connectivity index (χ0) is 13.3. The van der Waals surface area contributed by atoms with Gasteiger partial charge in [0.25, 0.3) is 0 Å². The number of amides is 2. The molecule has 0 aromatic rings. The van der Waals surface area contributed by atoms with Crippen molar-refractivity contribution in [3.63, 3.8) is 0 Å². The molecule has 0 spiro atoms. The molecule has 1 rings (SSSR count). The van der Waals surface area contributed by atoms with Gasteiger partial charge in [0.1, 0.15) is 0 Å². The van der Waals surface area contributed by atoms with E-state index in [0.717, 1.165) is 12.8 Å². The number of hydrogen-bond acceptors (Lipinski definition) is 3. The molecule has 98 valence electrons. The predicted molar refractivity (Wildman–Crippen MR) is 52.8 cm³/mol. The summed E-state index contributed by atoms with van der Waals surface area (Å²) in [6.07, 6.45) is -3.14. The van der Waals surface area contributed by atoms with Gasteiger partial charge in [0.2, 0.25) is 11.8 Å². The highest BCUT2D eigenvalue weighted by Crippen LogP contribution is 2.27. The Bertz CT molecular complexity index is 324. The zero-order valence-electron chi connectivity index (χ0n) is 9.23. The first-order valence-corrected chi connectivity index (χ1v) is 5.08. The Morgan fingerprint density at radius 2 is 1.88 bits per heavy atom. The van der Waals surface area contributed by atoms with Gasteiger partial charge >= 0.3 is 6.18 Å². The van der Waals surface area contributed by atoms with E-state index in [4.69, 9.17) is 5.73 Å². The van der Waals surface area contributed by atoms with Crippen LogP contribution in [0.4, 0.5) is 13.2 Å². The van der Waals surface area contributed by atoms with Crippen LogP contribution in [0.25, 0.3) is 0 Å². The molecule has 4 N–H and O–H groups in total. The zero-order valence-corrected chi connectivity index (χ0v) is 9.23. The molecule has 8 heteroatoms. The van der Waals surface area contributed by atoms with E-state index in [9.17, 15) is 22.8 Å². The molecule has 17 heavy (non-hydrogen) atoms. The third-order valence-electron chi connectivity index (χ3n) is 2.41. The van der Waals surface area contributed by atoms with Gasteiger partial charge in [-0.05, 0) is 19.8 Å². The third-order valence-corrected chi connectivity index (χ3v) is 2.41. The lowest BCUT2D eigenvalue weighted by Gasteiger charge is -2.25. The van der Waals surface area contributed by atoms with Crippen molar-refractivity contribution in [2.45, 2.75) is 37.5 Å². The Morgan fingerprint density at radius 3 is 2.29 bits per heavy atom. The van der Waals surface area contributed by atoms with Crippen LogP contribution < -0.4 is 16.4 Å². The molecule has 1 saturated carbocycles. The predicted octanol–water partition coefficient (Wildman–Crippen LogP) is -0.339. The molecule has 0 saturated heterocycles. The standard InChI is InChI=1S/C9H14F3N3O2/c1-8(13,9(10,11)12)7(17)14-4-6(16)15-5-2-3-5/h5H,2-4,13H2,1H3,(H,14,17)(H,15,16). The van der Waals surface area contributed by atoms with Gasteiger partial charge in [-0.1, -0.05) is 0 Å². The lowest BCUT2D eigenvalue weighted by Crippen LogP contribution is -2.62. The highest BCUT2D eigenvalue weighted by molar-refractivity contribution is 5.90. The summed E-state index contributed by atoms with van der Waals surface area (Å²) in [5.74, 6) is -1.94. The van der Waals surface area contributed by atoms with Gasteiger partial charge in [-0.15, -0.1) is 0 Å². The van der Waals surface area contributed by atoms with Crippen molar-refractivity contribution in [2.24, 2.45) is 5.73 Å². The van der Waals surface area contributed by atoms with Crippen LogP contribution in [-0.4, -0.2) is 36.1 Å². The van der Waals surface area contributed by atoms with Gasteiger partial charge in [-0.3, -0.25) is 9.59 Å². The molecule has 0 aromatic heterocycles. The summed E-state index contributed by atoms with van der Waals surface area (Å²) in [6, 6.07) is 0.0891. The van der Waals surface area contributed by atoms with Gasteiger partial charge in [-0.25, -0.2) is 0 Å². The van der Waals surface area contributed by atoms with E-state index in [0.29, 0.717) is 6.92 Å². The molecule has 2 amide bonds. The van der Waals surface area contributed by atoms with Crippen molar-refractivity contribution in [3.8, 4) is 0 Å². The van der Waals surface area contributed by atoms with Crippen molar-refractivity contribution < 1.29 is 22.8 Å². The summed E-state index contributed by atoms with van der Waals surface area (Å²) in [5, 5.41) is 4.39. The van der Waals surface area contributed by atoms with Crippen LogP contribution >= 0.6 is 0 Å². The molecule has 1 aliphatic rings. The van der Waals surface area contributed by atoms with Crippen molar-refractivity contribution >= 4 is 11.8 Å². The Balaban J connectivity index is 2.40. The summed E-state index contributed by atoms with van der Waals surface area (Å²) < 4.78 is 37.0. The minimum absolute atomic E-state index is 0.0891. The van der Waals surface area contributed by atoms with Crippen molar-refractivity contribution in [3.05, 3.63) is 0 Å². The van der Waals surface area contributed by atoms with Gasteiger partial charge in [0.15, 0.2) is 5.54 Å². The number of hydrogen-bond donors (Lipinski definition) is 3. The molecule has 0 heterocycles. The van der Waals surface area contributed by atoms with Crippen LogP contribution in [0, 0.1) is 0 Å². The molecular formula is C9H14F3N3O2.